The van der Waals surface area contributed by atoms with Gasteiger partial charge in [-0.25, -0.2) is 9.69 Å². The first-order valence-electron chi connectivity index (χ1n) is 6.99. The quantitative estimate of drug-likeness (QED) is 0.556. The van der Waals surface area contributed by atoms with E-state index in [1.165, 1.54) is 12.1 Å². The topological polar surface area (TPSA) is 66.5 Å². The monoisotopic (exact) mass is 438 g/mol. The Kier molecular flexibility index (Phi) is 4.94. The van der Waals surface area contributed by atoms with Crippen LogP contribution in [0.15, 0.2) is 52.5 Å². The number of carbonyl (C=O) groups excluding carboxylic acids is 3. The lowest BCUT2D eigenvalue weighted by atomic mass is 10.1. The molecule has 2 aromatic carbocycles. The Morgan fingerprint density at radius 2 is 1.64 bits per heavy atom. The highest BCUT2D eigenvalue weighted by atomic mass is 79.9. The number of imide groups is 2. The summed E-state index contributed by atoms with van der Waals surface area (Å²) in [4.78, 5) is 37.8. The Morgan fingerprint density at radius 3 is 2.28 bits per heavy atom. The Morgan fingerprint density at radius 1 is 0.960 bits per heavy atom. The molecule has 126 valence electrons. The third kappa shape index (κ3) is 3.61. The van der Waals surface area contributed by atoms with E-state index in [0.29, 0.717) is 21.3 Å². The molecule has 1 aliphatic rings. The molecule has 3 rings (SSSR count). The van der Waals surface area contributed by atoms with Crippen molar-refractivity contribution in [2.75, 3.05) is 4.90 Å². The largest absolute Gasteiger partial charge is 0.335 e. The molecule has 8 heteroatoms. The second-order valence-electron chi connectivity index (χ2n) is 5.11. The van der Waals surface area contributed by atoms with Crippen molar-refractivity contribution in [3.8, 4) is 0 Å². The molecule has 2 aromatic rings. The van der Waals surface area contributed by atoms with E-state index in [0.717, 1.165) is 9.37 Å². The maximum atomic E-state index is 12.7. The number of barbiturate groups is 1. The average molecular weight is 440 g/mol. The molecule has 0 radical (unpaired) electrons. The van der Waals surface area contributed by atoms with Gasteiger partial charge in [-0.05, 0) is 48.0 Å². The minimum atomic E-state index is -0.802. The predicted octanol–water partition coefficient (Wildman–Crippen LogP) is 4.42. The molecule has 1 N–H and O–H groups in total. The third-order valence-corrected chi connectivity index (χ3v) is 4.71. The fourth-order valence-electron chi connectivity index (χ4n) is 2.25. The summed E-state index contributed by atoms with van der Waals surface area (Å²) in [5, 5.41) is 2.81. The molecular formula is C17H9BrCl2N2O3. The van der Waals surface area contributed by atoms with Crippen molar-refractivity contribution >= 4 is 68.7 Å². The van der Waals surface area contributed by atoms with Crippen LogP contribution >= 0.6 is 39.1 Å². The number of hydrogen-bond donors (Lipinski definition) is 1. The molecule has 0 bridgehead atoms. The van der Waals surface area contributed by atoms with Gasteiger partial charge in [0.1, 0.15) is 5.57 Å². The second kappa shape index (κ2) is 7.00. The number of amides is 4. The van der Waals surface area contributed by atoms with Crippen molar-refractivity contribution in [1.29, 1.82) is 0 Å². The van der Waals surface area contributed by atoms with Crippen LogP contribution in [0.3, 0.4) is 0 Å². The molecule has 0 aromatic heterocycles. The molecular weight excluding hydrogens is 431 g/mol. The van der Waals surface area contributed by atoms with Gasteiger partial charge in [-0.1, -0.05) is 45.2 Å². The fourth-order valence-corrected chi connectivity index (χ4v) is 2.82. The SMILES string of the molecule is O=C1NC(=O)N(c2ccc(Br)cc2)C(=O)/C1=C\c1ccc(Cl)c(Cl)c1. The highest BCUT2D eigenvalue weighted by Gasteiger charge is 2.36. The highest BCUT2D eigenvalue weighted by Crippen LogP contribution is 2.26. The summed E-state index contributed by atoms with van der Waals surface area (Å²) in [5.74, 6) is -1.49. The Hall–Kier alpha value is -2.15. The molecule has 0 spiro atoms. The number of nitrogens with one attached hydrogen (secondary N) is 1. The lowest BCUT2D eigenvalue weighted by molar-refractivity contribution is -0.122. The van der Waals surface area contributed by atoms with Crippen LogP contribution in [-0.4, -0.2) is 17.8 Å². The molecule has 4 amide bonds. The summed E-state index contributed by atoms with van der Waals surface area (Å²) < 4.78 is 0.795. The van der Waals surface area contributed by atoms with E-state index in [9.17, 15) is 14.4 Å². The number of benzene rings is 2. The highest BCUT2D eigenvalue weighted by molar-refractivity contribution is 9.10. The van der Waals surface area contributed by atoms with E-state index in [4.69, 9.17) is 23.2 Å². The van der Waals surface area contributed by atoms with Crippen LogP contribution in [0.25, 0.3) is 6.08 Å². The zero-order valence-electron chi connectivity index (χ0n) is 12.4. The van der Waals surface area contributed by atoms with Crippen molar-refractivity contribution < 1.29 is 14.4 Å². The molecule has 25 heavy (non-hydrogen) atoms. The van der Waals surface area contributed by atoms with Gasteiger partial charge in [0.05, 0.1) is 15.7 Å². The summed E-state index contributed by atoms with van der Waals surface area (Å²) in [6, 6.07) is 10.5. The van der Waals surface area contributed by atoms with Gasteiger partial charge >= 0.3 is 6.03 Å². The Labute approximate surface area is 161 Å². The average Bonchev–Trinajstić information content (AvgIpc) is 2.56. The van der Waals surface area contributed by atoms with E-state index in [1.807, 2.05) is 0 Å². The predicted molar refractivity (Wildman–Crippen MR) is 99.6 cm³/mol. The molecule has 1 heterocycles. The van der Waals surface area contributed by atoms with E-state index >= 15 is 0 Å². The van der Waals surface area contributed by atoms with E-state index in [2.05, 4.69) is 21.2 Å². The number of hydrogen-bond acceptors (Lipinski definition) is 3. The summed E-state index contributed by atoms with van der Waals surface area (Å²) in [5.41, 5.74) is 0.678. The van der Waals surface area contributed by atoms with Gasteiger partial charge in [-0.2, -0.15) is 0 Å². The summed E-state index contributed by atoms with van der Waals surface area (Å²) >= 11 is 15.1. The number of urea groups is 1. The van der Waals surface area contributed by atoms with Crippen LogP contribution in [0.5, 0.6) is 0 Å². The van der Waals surface area contributed by atoms with E-state index in [1.54, 1.807) is 36.4 Å². The maximum Gasteiger partial charge on any atom is 0.335 e. The van der Waals surface area contributed by atoms with Crippen molar-refractivity contribution in [2.45, 2.75) is 0 Å². The Bertz CT molecular complexity index is 926. The van der Waals surface area contributed by atoms with Gasteiger partial charge in [0.25, 0.3) is 11.8 Å². The van der Waals surface area contributed by atoms with Crippen LogP contribution in [0.1, 0.15) is 5.56 Å². The first-order valence-corrected chi connectivity index (χ1v) is 8.54. The van der Waals surface area contributed by atoms with Crippen molar-refractivity contribution in [3.05, 3.63) is 68.1 Å². The first kappa shape index (κ1) is 17.7. The number of rotatable bonds is 2. The molecule has 1 fully saturated rings. The zero-order chi connectivity index (χ0) is 18.1. The molecule has 1 aliphatic heterocycles. The maximum absolute atomic E-state index is 12.7. The molecule has 1 saturated heterocycles. The summed E-state index contributed by atoms with van der Waals surface area (Å²) in [6.45, 7) is 0. The minimum Gasteiger partial charge on any atom is -0.273 e. The zero-order valence-corrected chi connectivity index (χ0v) is 15.5. The van der Waals surface area contributed by atoms with Crippen LogP contribution in [0.2, 0.25) is 10.0 Å². The number of carbonyl (C=O) groups is 3. The van der Waals surface area contributed by atoms with Crippen molar-refractivity contribution in [3.63, 3.8) is 0 Å². The van der Waals surface area contributed by atoms with Crippen LogP contribution < -0.4 is 10.2 Å². The van der Waals surface area contributed by atoms with Crippen LogP contribution in [-0.2, 0) is 9.59 Å². The normalized spacial score (nSPS) is 16.4. The van der Waals surface area contributed by atoms with Gasteiger partial charge in [-0.3, -0.25) is 14.9 Å². The van der Waals surface area contributed by atoms with E-state index in [-0.39, 0.29) is 5.57 Å². The lowest BCUT2D eigenvalue weighted by Crippen LogP contribution is -2.54. The number of nitrogens with zero attached hydrogens (tertiary/aromatic N) is 1. The number of anilines is 1. The van der Waals surface area contributed by atoms with Crippen molar-refractivity contribution in [1.82, 2.24) is 5.32 Å². The second-order valence-corrected chi connectivity index (χ2v) is 6.84. The van der Waals surface area contributed by atoms with Gasteiger partial charge in [-0.15, -0.1) is 0 Å². The number of halogens is 3. The smallest absolute Gasteiger partial charge is 0.273 e. The lowest BCUT2D eigenvalue weighted by Gasteiger charge is -2.26. The molecule has 0 saturated carbocycles. The molecule has 0 aliphatic carbocycles. The van der Waals surface area contributed by atoms with Crippen LogP contribution in [0, 0.1) is 0 Å². The first-order chi connectivity index (χ1) is 11.9. The van der Waals surface area contributed by atoms with Crippen LogP contribution in [0.4, 0.5) is 10.5 Å². The van der Waals surface area contributed by atoms with Gasteiger partial charge < -0.3 is 0 Å². The third-order valence-electron chi connectivity index (χ3n) is 3.44. The molecule has 0 unspecified atom stereocenters. The molecule has 5 nitrogen and oxygen atoms in total. The summed E-state index contributed by atoms with van der Waals surface area (Å²) in [6.07, 6.45) is 1.36. The summed E-state index contributed by atoms with van der Waals surface area (Å²) in [7, 11) is 0. The van der Waals surface area contributed by atoms with E-state index < -0.39 is 17.8 Å². The Balaban J connectivity index is 2.01. The standard InChI is InChI=1S/C17H9BrCl2N2O3/c18-10-2-4-11(5-3-10)22-16(24)12(15(23)21-17(22)25)7-9-1-6-13(19)14(20)8-9/h1-8H,(H,21,23,25)/b12-7-. The van der Waals surface area contributed by atoms with Gasteiger partial charge in [0, 0.05) is 4.47 Å². The van der Waals surface area contributed by atoms with Crippen molar-refractivity contribution in [2.24, 2.45) is 0 Å². The van der Waals surface area contributed by atoms with Gasteiger partial charge in [0.2, 0.25) is 0 Å². The molecule has 0 atom stereocenters. The fraction of sp³-hybridized carbons (Fsp3) is 0. The minimum absolute atomic E-state index is 0.180. The van der Waals surface area contributed by atoms with Gasteiger partial charge in [0.15, 0.2) is 0 Å².